The number of rotatable bonds is 7. The van der Waals surface area contributed by atoms with E-state index in [1.165, 1.54) is 24.3 Å². The Hall–Kier alpha value is -2.73. The second-order valence-electron chi connectivity index (χ2n) is 5.78. The van der Waals surface area contributed by atoms with Crippen LogP contribution in [0.5, 0.6) is 0 Å². The minimum atomic E-state index is -0.396. The summed E-state index contributed by atoms with van der Waals surface area (Å²) in [6.45, 7) is 2.33. The first kappa shape index (κ1) is 18.6. The molecular formula is C19H22FN3O2. The highest BCUT2D eigenvalue weighted by Gasteiger charge is 2.21. The fourth-order valence-corrected chi connectivity index (χ4v) is 2.35. The number of halogens is 1. The zero-order valence-corrected chi connectivity index (χ0v) is 14.0. The number of benzene rings is 2. The fourth-order valence-electron chi connectivity index (χ4n) is 2.35. The average Bonchev–Trinajstić information content (AvgIpc) is 2.65. The van der Waals surface area contributed by atoms with Gasteiger partial charge in [-0.1, -0.05) is 37.3 Å². The molecule has 2 aromatic rings. The molecule has 0 saturated carbocycles. The number of carbonyl (C=O) groups is 2. The van der Waals surface area contributed by atoms with Gasteiger partial charge in [-0.15, -0.1) is 0 Å². The fraction of sp³-hybridized carbons (Fsp3) is 0.263. The largest absolute Gasteiger partial charge is 0.354 e. The molecule has 2 rings (SSSR count). The van der Waals surface area contributed by atoms with Gasteiger partial charge in [0.25, 0.3) is 5.91 Å². The lowest BCUT2D eigenvalue weighted by molar-refractivity contribution is -0.125. The summed E-state index contributed by atoms with van der Waals surface area (Å²) in [5.74, 6) is -1.28. The summed E-state index contributed by atoms with van der Waals surface area (Å²) < 4.78 is 12.8. The summed E-state index contributed by atoms with van der Waals surface area (Å²) in [4.78, 5) is 24.0. The van der Waals surface area contributed by atoms with Crippen molar-refractivity contribution >= 4 is 11.8 Å². The Kier molecular flexibility index (Phi) is 6.65. The van der Waals surface area contributed by atoms with Crippen molar-refractivity contribution in [2.24, 2.45) is 11.7 Å². The van der Waals surface area contributed by atoms with E-state index in [1.54, 1.807) is 6.92 Å². The van der Waals surface area contributed by atoms with Gasteiger partial charge in [-0.05, 0) is 29.8 Å². The first-order chi connectivity index (χ1) is 12.0. The summed E-state index contributed by atoms with van der Waals surface area (Å²) in [7, 11) is 0. The molecule has 0 aliphatic carbocycles. The van der Waals surface area contributed by atoms with Crippen LogP contribution in [0.1, 0.15) is 28.9 Å². The summed E-state index contributed by atoms with van der Waals surface area (Å²) in [6, 6.07) is 14.3. The van der Waals surface area contributed by atoms with Crippen LogP contribution in [0.15, 0.2) is 54.6 Å². The van der Waals surface area contributed by atoms with Crippen molar-refractivity contribution in [1.29, 1.82) is 0 Å². The van der Waals surface area contributed by atoms with Crippen molar-refractivity contribution in [3.63, 3.8) is 0 Å². The Labute approximate surface area is 146 Å². The Bertz CT molecular complexity index is 704. The average molecular weight is 343 g/mol. The molecule has 0 aromatic heterocycles. The quantitative estimate of drug-likeness (QED) is 0.673. The van der Waals surface area contributed by atoms with Gasteiger partial charge in [0.1, 0.15) is 5.82 Å². The number of carbonyl (C=O) groups excluding carboxylic acids is 2. The van der Waals surface area contributed by atoms with Crippen LogP contribution in [0.3, 0.4) is 0 Å². The number of hydrogen-bond donors (Lipinski definition) is 3. The van der Waals surface area contributed by atoms with Gasteiger partial charge >= 0.3 is 0 Å². The molecule has 2 unspecified atom stereocenters. The monoisotopic (exact) mass is 343 g/mol. The Morgan fingerprint density at radius 3 is 2.24 bits per heavy atom. The highest BCUT2D eigenvalue weighted by Crippen LogP contribution is 2.18. The van der Waals surface area contributed by atoms with E-state index < -0.39 is 17.8 Å². The van der Waals surface area contributed by atoms with Crippen molar-refractivity contribution in [3.8, 4) is 0 Å². The lowest BCUT2D eigenvalue weighted by atomic mass is 9.95. The molecule has 0 heterocycles. The zero-order chi connectivity index (χ0) is 18.2. The first-order valence-corrected chi connectivity index (χ1v) is 8.11. The molecule has 0 aliphatic heterocycles. The normalized spacial score (nSPS) is 12.9. The molecular weight excluding hydrogens is 321 g/mol. The second-order valence-corrected chi connectivity index (χ2v) is 5.78. The smallest absolute Gasteiger partial charge is 0.251 e. The topological polar surface area (TPSA) is 84.2 Å². The number of nitrogens with two attached hydrogens (primary N) is 1. The van der Waals surface area contributed by atoms with Crippen molar-refractivity contribution in [2.45, 2.75) is 13.0 Å². The minimum Gasteiger partial charge on any atom is -0.354 e. The minimum absolute atomic E-state index is 0.174. The van der Waals surface area contributed by atoms with Gasteiger partial charge in [-0.2, -0.15) is 0 Å². The van der Waals surface area contributed by atoms with E-state index in [0.717, 1.165) is 5.56 Å². The van der Waals surface area contributed by atoms with Crippen LogP contribution < -0.4 is 16.4 Å². The van der Waals surface area contributed by atoms with Gasteiger partial charge in [-0.25, -0.2) is 4.39 Å². The summed E-state index contributed by atoms with van der Waals surface area (Å²) >= 11 is 0. The number of hydrogen-bond acceptors (Lipinski definition) is 3. The first-order valence-electron chi connectivity index (χ1n) is 8.11. The molecule has 4 N–H and O–H groups in total. The summed E-state index contributed by atoms with van der Waals surface area (Å²) in [6.07, 6.45) is 0. The molecule has 0 bridgehead atoms. The summed E-state index contributed by atoms with van der Waals surface area (Å²) in [5, 5.41) is 5.42. The summed E-state index contributed by atoms with van der Waals surface area (Å²) in [5.41, 5.74) is 7.38. The van der Waals surface area contributed by atoms with Gasteiger partial charge in [0.05, 0.1) is 5.92 Å². The van der Waals surface area contributed by atoms with E-state index in [2.05, 4.69) is 10.6 Å². The van der Waals surface area contributed by atoms with Gasteiger partial charge in [0, 0.05) is 24.7 Å². The van der Waals surface area contributed by atoms with E-state index in [0.29, 0.717) is 5.56 Å². The van der Waals surface area contributed by atoms with Crippen LogP contribution in [0.2, 0.25) is 0 Å². The molecule has 0 saturated heterocycles. The van der Waals surface area contributed by atoms with Crippen LogP contribution in [0.25, 0.3) is 0 Å². The molecule has 0 radical (unpaired) electrons. The maximum absolute atomic E-state index is 12.8. The molecule has 25 heavy (non-hydrogen) atoms. The van der Waals surface area contributed by atoms with Crippen LogP contribution >= 0.6 is 0 Å². The van der Waals surface area contributed by atoms with Gasteiger partial charge in [0.15, 0.2) is 0 Å². The van der Waals surface area contributed by atoms with Crippen LogP contribution in [0.4, 0.5) is 4.39 Å². The third kappa shape index (κ3) is 5.39. The molecule has 132 valence electrons. The number of nitrogens with one attached hydrogen (secondary N) is 2. The van der Waals surface area contributed by atoms with Crippen LogP contribution in [-0.2, 0) is 4.79 Å². The van der Waals surface area contributed by atoms with Crippen LogP contribution in [-0.4, -0.2) is 24.9 Å². The highest BCUT2D eigenvalue weighted by atomic mass is 19.1. The third-order valence-electron chi connectivity index (χ3n) is 3.95. The molecule has 2 aromatic carbocycles. The standard InChI is InChI=1S/C19H22FN3O2/c1-13(17(21)14-5-3-2-4-6-14)18(24)22-11-12-23-19(25)15-7-9-16(20)10-8-15/h2-10,13,17H,11-12,21H2,1H3,(H,22,24)(H,23,25). The Morgan fingerprint density at radius 1 is 1.00 bits per heavy atom. The maximum atomic E-state index is 12.8. The van der Waals surface area contributed by atoms with E-state index in [4.69, 9.17) is 5.73 Å². The zero-order valence-electron chi connectivity index (χ0n) is 14.0. The molecule has 0 spiro atoms. The molecule has 5 nitrogen and oxygen atoms in total. The predicted octanol–water partition coefficient (Wildman–Crippen LogP) is 2.01. The van der Waals surface area contributed by atoms with E-state index in [-0.39, 0.29) is 24.9 Å². The van der Waals surface area contributed by atoms with Crippen LogP contribution in [0, 0.1) is 11.7 Å². The lowest BCUT2D eigenvalue weighted by Gasteiger charge is -2.19. The third-order valence-corrected chi connectivity index (χ3v) is 3.95. The van der Waals surface area contributed by atoms with Gasteiger partial charge < -0.3 is 16.4 Å². The Morgan fingerprint density at radius 2 is 1.60 bits per heavy atom. The van der Waals surface area contributed by atoms with E-state index in [9.17, 15) is 14.0 Å². The van der Waals surface area contributed by atoms with E-state index in [1.807, 2.05) is 30.3 Å². The molecule has 0 aliphatic rings. The SMILES string of the molecule is CC(C(=O)NCCNC(=O)c1ccc(F)cc1)C(N)c1ccccc1. The second kappa shape index (κ2) is 8.94. The lowest BCUT2D eigenvalue weighted by Crippen LogP contribution is -2.39. The molecule has 0 fully saturated rings. The predicted molar refractivity (Wildman–Crippen MR) is 94.3 cm³/mol. The Balaban J connectivity index is 1.74. The highest BCUT2D eigenvalue weighted by molar-refractivity contribution is 5.94. The van der Waals surface area contributed by atoms with Crippen molar-refractivity contribution in [3.05, 3.63) is 71.5 Å². The van der Waals surface area contributed by atoms with Crippen molar-refractivity contribution in [2.75, 3.05) is 13.1 Å². The molecule has 6 heteroatoms. The van der Waals surface area contributed by atoms with Crippen molar-refractivity contribution < 1.29 is 14.0 Å². The number of amides is 2. The van der Waals surface area contributed by atoms with E-state index >= 15 is 0 Å². The van der Waals surface area contributed by atoms with Gasteiger partial charge in [-0.3, -0.25) is 9.59 Å². The molecule has 2 atom stereocenters. The molecule has 2 amide bonds. The maximum Gasteiger partial charge on any atom is 0.251 e. The van der Waals surface area contributed by atoms with Crippen molar-refractivity contribution in [1.82, 2.24) is 10.6 Å². The van der Waals surface area contributed by atoms with Gasteiger partial charge in [0.2, 0.25) is 5.91 Å².